The molecule has 2 amide bonds. The van der Waals surface area contributed by atoms with Gasteiger partial charge in [-0.15, -0.1) is 0 Å². The Morgan fingerprint density at radius 1 is 1.13 bits per heavy atom. The molecule has 0 radical (unpaired) electrons. The molecule has 0 aliphatic heterocycles. The molecular weight excluding hydrogens is 316 g/mol. The molecule has 2 rings (SSSR count). The summed E-state index contributed by atoms with van der Waals surface area (Å²) in [6.07, 6.45) is 0.382. The summed E-state index contributed by atoms with van der Waals surface area (Å²) < 4.78 is 5.27. The number of carbonyl (C=O) groups excluding carboxylic acids is 2. The quantitative estimate of drug-likeness (QED) is 0.871. The number of ether oxygens (including phenoxy) is 1. The minimum atomic E-state index is -0.334. The highest BCUT2D eigenvalue weighted by molar-refractivity contribution is 6.34. The fourth-order valence-electron chi connectivity index (χ4n) is 1.96. The van der Waals surface area contributed by atoms with Gasteiger partial charge < -0.3 is 15.4 Å². The number of anilines is 2. The van der Waals surface area contributed by atoms with Gasteiger partial charge in [0.15, 0.2) is 0 Å². The highest BCUT2D eigenvalue weighted by Crippen LogP contribution is 2.29. The van der Waals surface area contributed by atoms with E-state index in [9.17, 15) is 9.59 Å². The van der Waals surface area contributed by atoms with Crippen molar-refractivity contribution in [2.75, 3.05) is 17.7 Å². The van der Waals surface area contributed by atoms with Crippen LogP contribution in [0.3, 0.4) is 0 Å². The number of methoxy groups -OCH3 is 1. The molecule has 0 atom stereocenters. The standard InChI is InChI=1S/C17H17ClN2O3/c1-3-16(21)19-11-8-9-14(15(10-11)23-2)20-17(22)12-6-4-5-7-13(12)18/h4-10H,3H2,1-2H3,(H,19,21)(H,20,22). The second kappa shape index (κ2) is 7.65. The van der Waals surface area contributed by atoms with Gasteiger partial charge in [-0.1, -0.05) is 30.7 Å². The van der Waals surface area contributed by atoms with Crippen molar-refractivity contribution in [3.63, 3.8) is 0 Å². The molecule has 2 N–H and O–H groups in total. The number of hydrogen-bond acceptors (Lipinski definition) is 3. The number of carbonyl (C=O) groups is 2. The highest BCUT2D eigenvalue weighted by Gasteiger charge is 2.13. The van der Waals surface area contributed by atoms with E-state index in [1.807, 2.05) is 0 Å². The predicted octanol–water partition coefficient (Wildman–Crippen LogP) is 3.95. The molecule has 0 saturated heterocycles. The second-order valence-corrected chi connectivity index (χ2v) is 5.16. The van der Waals surface area contributed by atoms with Crippen LogP contribution in [0, 0.1) is 0 Å². The zero-order chi connectivity index (χ0) is 16.8. The first-order chi connectivity index (χ1) is 11.0. The van der Waals surface area contributed by atoms with Crippen LogP contribution in [0.15, 0.2) is 42.5 Å². The summed E-state index contributed by atoms with van der Waals surface area (Å²) in [4.78, 5) is 23.7. The minimum absolute atomic E-state index is 0.0973. The van der Waals surface area contributed by atoms with Crippen LogP contribution in [0.5, 0.6) is 5.75 Å². The van der Waals surface area contributed by atoms with Crippen molar-refractivity contribution in [1.29, 1.82) is 0 Å². The van der Waals surface area contributed by atoms with Crippen LogP contribution >= 0.6 is 11.6 Å². The van der Waals surface area contributed by atoms with E-state index in [2.05, 4.69) is 10.6 Å². The molecule has 0 saturated carbocycles. The van der Waals surface area contributed by atoms with Crippen molar-refractivity contribution in [1.82, 2.24) is 0 Å². The fraction of sp³-hybridized carbons (Fsp3) is 0.176. The van der Waals surface area contributed by atoms with Gasteiger partial charge in [0.05, 0.1) is 23.4 Å². The van der Waals surface area contributed by atoms with Gasteiger partial charge in [-0.05, 0) is 24.3 Å². The Hall–Kier alpha value is -2.53. The number of amides is 2. The van der Waals surface area contributed by atoms with Crippen LogP contribution in [0.4, 0.5) is 11.4 Å². The molecule has 0 aromatic heterocycles. The average Bonchev–Trinajstić information content (AvgIpc) is 2.56. The molecule has 2 aromatic rings. The van der Waals surface area contributed by atoms with Crippen molar-refractivity contribution in [3.05, 3.63) is 53.1 Å². The van der Waals surface area contributed by atoms with Gasteiger partial charge in [0.1, 0.15) is 5.75 Å². The SMILES string of the molecule is CCC(=O)Nc1ccc(NC(=O)c2ccccc2Cl)c(OC)c1. The average molecular weight is 333 g/mol. The molecule has 120 valence electrons. The van der Waals surface area contributed by atoms with E-state index in [1.165, 1.54) is 7.11 Å². The van der Waals surface area contributed by atoms with Crippen LogP contribution < -0.4 is 15.4 Å². The number of rotatable bonds is 5. The zero-order valence-corrected chi connectivity index (χ0v) is 13.6. The van der Waals surface area contributed by atoms with Gasteiger partial charge in [-0.25, -0.2) is 0 Å². The van der Waals surface area contributed by atoms with Crippen LogP contribution in [0.1, 0.15) is 23.7 Å². The summed E-state index contributed by atoms with van der Waals surface area (Å²) >= 11 is 6.02. The van der Waals surface area contributed by atoms with Crippen molar-refractivity contribution in [2.24, 2.45) is 0 Å². The van der Waals surface area contributed by atoms with E-state index < -0.39 is 0 Å². The van der Waals surface area contributed by atoms with Gasteiger partial charge in [0.25, 0.3) is 5.91 Å². The lowest BCUT2D eigenvalue weighted by Crippen LogP contribution is -2.14. The molecule has 5 nitrogen and oxygen atoms in total. The lowest BCUT2D eigenvalue weighted by Gasteiger charge is -2.13. The monoisotopic (exact) mass is 332 g/mol. The van der Waals surface area contributed by atoms with E-state index in [-0.39, 0.29) is 11.8 Å². The summed E-state index contributed by atoms with van der Waals surface area (Å²) in [6.45, 7) is 1.77. The first-order valence-electron chi connectivity index (χ1n) is 7.09. The van der Waals surface area contributed by atoms with E-state index in [0.29, 0.717) is 34.1 Å². The van der Waals surface area contributed by atoms with Gasteiger partial charge in [-0.2, -0.15) is 0 Å². The molecule has 6 heteroatoms. The van der Waals surface area contributed by atoms with Crippen LogP contribution in [0.2, 0.25) is 5.02 Å². The molecule has 23 heavy (non-hydrogen) atoms. The second-order valence-electron chi connectivity index (χ2n) is 4.75. The summed E-state index contributed by atoms with van der Waals surface area (Å²) in [5.74, 6) is 0.0125. The number of nitrogens with one attached hydrogen (secondary N) is 2. The van der Waals surface area contributed by atoms with Gasteiger partial charge in [0, 0.05) is 18.2 Å². The maximum atomic E-state index is 12.3. The van der Waals surface area contributed by atoms with Crippen molar-refractivity contribution in [3.8, 4) is 5.75 Å². The first-order valence-corrected chi connectivity index (χ1v) is 7.46. The predicted molar refractivity (Wildman–Crippen MR) is 91.3 cm³/mol. The molecule has 0 heterocycles. The van der Waals surface area contributed by atoms with Crippen molar-refractivity contribution >= 4 is 34.8 Å². The molecular formula is C17H17ClN2O3. The molecule has 2 aromatic carbocycles. The van der Waals surface area contributed by atoms with Crippen molar-refractivity contribution in [2.45, 2.75) is 13.3 Å². The summed E-state index contributed by atoms with van der Waals surface area (Å²) in [5, 5.41) is 5.86. The lowest BCUT2D eigenvalue weighted by atomic mass is 10.2. The molecule has 0 aliphatic carbocycles. The maximum Gasteiger partial charge on any atom is 0.257 e. The minimum Gasteiger partial charge on any atom is -0.494 e. The maximum absolute atomic E-state index is 12.3. The number of benzene rings is 2. The first kappa shape index (κ1) is 16.8. The number of hydrogen-bond donors (Lipinski definition) is 2. The Morgan fingerprint density at radius 3 is 2.52 bits per heavy atom. The largest absolute Gasteiger partial charge is 0.494 e. The molecule has 0 unspecified atom stereocenters. The van der Waals surface area contributed by atoms with Crippen LogP contribution in [-0.2, 0) is 4.79 Å². The van der Waals surface area contributed by atoms with Gasteiger partial charge in [0.2, 0.25) is 5.91 Å². The van der Waals surface area contributed by atoms with E-state index in [0.717, 1.165) is 0 Å². The zero-order valence-electron chi connectivity index (χ0n) is 12.9. The third-order valence-corrected chi connectivity index (χ3v) is 3.50. The number of halogens is 1. The molecule has 0 bridgehead atoms. The third kappa shape index (κ3) is 4.23. The fourth-order valence-corrected chi connectivity index (χ4v) is 2.18. The van der Waals surface area contributed by atoms with Gasteiger partial charge in [-0.3, -0.25) is 9.59 Å². The lowest BCUT2D eigenvalue weighted by molar-refractivity contribution is -0.115. The van der Waals surface area contributed by atoms with E-state index in [1.54, 1.807) is 49.4 Å². The van der Waals surface area contributed by atoms with Crippen LogP contribution in [-0.4, -0.2) is 18.9 Å². The van der Waals surface area contributed by atoms with Crippen molar-refractivity contribution < 1.29 is 14.3 Å². The Bertz CT molecular complexity index is 732. The Morgan fingerprint density at radius 2 is 1.87 bits per heavy atom. The molecule has 0 aliphatic rings. The summed E-state index contributed by atoms with van der Waals surface area (Å²) in [5.41, 5.74) is 1.47. The highest BCUT2D eigenvalue weighted by atomic mass is 35.5. The Balaban J connectivity index is 2.21. The topological polar surface area (TPSA) is 67.4 Å². The Kier molecular flexibility index (Phi) is 5.60. The molecule has 0 spiro atoms. The van der Waals surface area contributed by atoms with Gasteiger partial charge >= 0.3 is 0 Å². The Labute approximate surface area is 139 Å². The van der Waals surface area contributed by atoms with E-state index in [4.69, 9.17) is 16.3 Å². The summed E-state index contributed by atoms with van der Waals surface area (Å²) in [6, 6.07) is 11.8. The smallest absolute Gasteiger partial charge is 0.257 e. The normalized spacial score (nSPS) is 10.0. The molecule has 0 fully saturated rings. The summed E-state index contributed by atoms with van der Waals surface area (Å²) in [7, 11) is 1.49. The van der Waals surface area contributed by atoms with Crippen LogP contribution in [0.25, 0.3) is 0 Å². The van der Waals surface area contributed by atoms with E-state index >= 15 is 0 Å². The third-order valence-electron chi connectivity index (χ3n) is 3.17.